The van der Waals surface area contributed by atoms with Gasteiger partial charge in [-0.2, -0.15) is 0 Å². The molecule has 1 amide bonds. The molecule has 0 radical (unpaired) electrons. The van der Waals surface area contributed by atoms with Gasteiger partial charge in [-0.15, -0.1) is 11.3 Å². The Kier molecular flexibility index (Phi) is 7.25. The highest BCUT2D eigenvalue weighted by Gasteiger charge is 2.34. The number of ether oxygens (including phenoxy) is 1. The van der Waals surface area contributed by atoms with Gasteiger partial charge in [0, 0.05) is 16.0 Å². The molecule has 3 heterocycles. The van der Waals surface area contributed by atoms with E-state index in [1.165, 1.54) is 23.7 Å². The highest BCUT2D eigenvalue weighted by molar-refractivity contribution is 7.16. The lowest BCUT2D eigenvalue weighted by Gasteiger charge is -2.37. The number of nitrogens with zero attached hydrogens (tertiary/aromatic N) is 1. The summed E-state index contributed by atoms with van der Waals surface area (Å²) in [5.74, 6) is -0.759. The molecule has 1 aliphatic rings. The van der Waals surface area contributed by atoms with Gasteiger partial charge in [0.2, 0.25) is 0 Å². The van der Waals surface area contributed by atoms with Crippen LogP contribution in [0.3, 0.4) is 0 Å². The fourth-order valence-corrected chi connectivity index (χ4v) is 5.26. The van der Waals surface area contributed by atoms with E-state index >= 15 is 4.39 Å². The molecule has 0 bridgehead atoms. The number of hydrogen-bond donors (Lipinski definition) is 1. The summed E-state index contributed by atoms with van der Waals surface area (Å²) in [5, 5.41) is 3.61. The number of nitrogens with one attached hydrogen (secondary N) is 1. The second-order valence-electron chi connectivity index (χ2n) is 8.06. The Morgan fingerprint density at radius 3 is 2.64 bits per heavy atom. The van der Waals surface area contributed by atoms with E-state index in [4.69, 9.17) is 9.15 Å². The van der Waals surface area contributed by atoms with Crippen molar-refractivity contribution in [1.82, 2.24) is 4.90 Å². The zero-order valence-electron chi connectivity index (χ0n) is 18.7. The fourth-order valence-electron chi connectivity index (χ4n) is 4.32. The minimum Gasteiger partial charge on any atom is -0.466 e. The number of hydrogen-bond acceptors (Lipinski definition) is 6. The SMILES string of the molecule is CCOC(=O)C1CCN(C(c2ccccc2F)c2cc(C)sc2NC(=O)c2ccco2)CC1. The summed E-state index contributed by atoms with van der Waals surface area (Å²) < 4.78 is 25.4. The van der Waals surface area contributed by atoms with Crippen LogP contribution in [0.2, 0.25) is 0 Å². The van der Waals surface area contributed by atoms with Crippen LogP contribution in [0.1, 0.15) is 52.4 Å². The van der Waals surface area contributed by atoms with Gasteiger partial charge in [-0.1, -0.05) is 18.2 Å². The van der Waals surface area contributed by atoms with E-state index in [9.17, 15) is 9.59 Å². The molecule has 1 fully saturated rings. The number of rotatable bonds is 7. The van der Waals surface area contributed by atoms with Crippen LogP contribution in [0.25, 0.3) is 0 Å². The van der Waals surface area contributed by atoms with Crippen molar-refractivity contribution < 1.29 is 23.1 Å². The number of benzene rings is 1. The van der Waals surface area contributed by atoms with Crippen molar-refractivity contribution in [1.29, 1.82) is 0 Å². The molecule has 1 N–H and O–H groups in total. The van der Waals surface area contributed by atoms with Crippen molar-refractivity contribution in [3.05, 3.63) is 76.3 Å². The van der Waals surface area contributed by atoms with E-state index in [1.807, 2.05) is 19.1 Å². The third-order valence-electron chi connectivity index (χ3n) is 5.87. The smallest absolute Gasteiger partial charge is 0.309 e. The summed E-state index contributed by atoms with van der Waals surface area (Å²) in [6, 6.07) is 11.6. The van der Waals surface area contributed by atoms with Crippen LogP contribution in [-0.2, 0) is 9.53 Å². The summed E-state index contributed by atoms with van der Waals surface area (Å²) in [4.78, 5) is 28.1. The lowest BCUT2D eigenvalue weighted by atomic mass is 9.91. The number of thiophene rings is 1. The second-order valence-corrected chi connectivity index (χ2v) is 9.32. The molecule has 0 aliphatic carbocycles. The van der Waals surface area contributed by atoms with Gasteiger partial charge < -0.3 is 14.5 Å². The number of carbonyl (C=O) groups is 2. The van der Waals surface area contributed by atoms with Crippen molar-refractivity contribution >= 4 is 28.2 Å². The maximum absolute atomic E-state index is 15.0. The number of carbonyl (C=O) groups excluding carboxylic acids is 2. The highest BCUT2D eigenvalue weighted by atomic mass is 32.1. The number of furan rings is 1. The maximum Gasteiger partial charge on any atom is 0.309 e. The van der Waals surface area contributed by atoms with E-state index < -0.39 is 6.04 Å². The van der Waals surface area contributed by atoms with Gasteiger partial charge in [-0.25, -0.2) is 4.39 Å². The largest absolute Gasteiger partial charge is 0.466 e. The molecule has 8 heteroatoms. The Morgan fingerprint density at radius 2 is 1.97 bits per heavy atom. The topological polar surface area (TPSA) is 71.8 Å². The van der Waals surface area contributed by atoms with Crippen molar-refractivity contribution in [3.8, 4) is 0 Å². The zero-order valence-corrected chi connectivity index (χ0v) is 19.5. The first-order valence-corrected chi connectivity index (χ1v) is 11.9. The Labute approximate surface area is 196 Å². The van der Waals surface area contributed by atoms with E-state index in [2.05, 4.69) is 10.2 Å². The number of esters is 1. The second kappa shape index (κ2) is 10.3. The molecule has 33 heavy (non-hydrogen) atoms. The maximum atomic E-state index is 15.0. The van der Waals surface area contributed by atoms with Crippen molar-refractivity contribution in [2.24, 2.45) is 5.92 Å². The predicted molar refractivity (Wildman–Crippen MR) is 125 cm³/mol. The van der Waals surface area contributed by atoms with Crippen molar-refractivity contribution in [2.75, 3.05) is 25.0 Å². The quantitative estimate of drug-likeness (QED) is 0.468. The summed E-state index contributed by atoms with van der Waals surface area (Å²) in [6.45, 7) is 5.36. The molecule has 1 aromatic carbocycles. The number of anilines is 1. The molecule has 1 atom stereocenters. The number of halogens is 1. The Hall–Kier alpha value is -2.97. The Bertz CT molecular complexity index is 1100. The summed E-state index contributed by atoms with van der Waals surface area (Å²) in [6.07, 6.45) is 2.73. The van der Waals surface area contributed by atoms with Crippen LogP contribution in [-0.4, -0.2) is 36.5 Å². The Balaban J connectivity index is 1.65. The molecule has 0 spiro atoms. The fraction of sp³-hybridized carbons (Fsp3) is 0.360. The zero-order chi connectivity index (χ0) is 23.4. The average Bonchev–Trinajstić information content (AvgIpc) is 3.46. The molecule has 1 aliphatic heterocycles. The van der Waals surface area contributed by atoms with E-state index in [0.29, 0.717) is 43.1 Å². The van der Waals surface area contributed by atoms with Gasteiger partial charge in [0.15, 0.2) is 5.76 Å². The van der Waals surface area contributed by atoms with Crippen LogP contribution >= 0.6 is 11.3 Å². The number of aryl methyl sites for hydroxylation is 1. The van der Waals surface area contributed by atoms with E-state index in [-0.39, 0.29) is 29.4 Å². The molecular weight excluding hydrogens is 443 g/mol. The molecule has 1 saturated heterocycles. The van der Waals surface area contributed by atoms with Crippen molar-refractivity contribution in [3.63, 3.8) is 0 Å². The molecule has 6 nitrogen and oxygen atoms in total. The average molecular weight is 471 g/mol. The standard InChI is InChI=1S/C25H27FN2O4S/c1-3-31-25(30)17-10-12-28(13-11-17)22(18-7-4-5-8-20(18)26)19-15-16(2)33-24(19)27-23(29)21-9-6-14-32-21/h4-9,14-15,17,22H,3,10-13H2,1-2H3,(H,27,29). The third kappa shape index (κ3) is 5.17. The minimum absolute atomic E-state index is 0.148. The first-order chi connectivity index (χ1) is 16.0. The summed E-state index contributed by atoms with van der Waals surface area (Å²) in [5.41, 5.74) is 1.37. The normalized spacial score (nSPS) is 15.8. The molecule has 4 rings (SSSR count). The van der Waals surface area contributed by atoms with Gasteiger partial charge in [-0.05, 0) is 64.0 Å². The molecule has 2 aromatic heterocycles. The van der Waals surface area contributed by atoms with E-state index in [1.54, 1.807) is 31.2 Å². The molecular formula is C25H27FN2O4S. The van der Waals surface area contributed by atoms with Gasteiger partial charge in [-0.3, -0.25) is 14.5 Å². The van der Waals surface area contributed by atoms with E-state index in [0.717, 1.165) is 10.4 Å². The highest BCUT2D eigenvalue weighted by Crippen LogP contribution is 2.41. The minimum atomic E-state index is -0.397. The number of amides is 1. The molecule has 3 aromatic rings. The van der Waals surface area contributed by atoms with Crippen molar-refractivity contribution in [2.45, 2.75) is 32.7 Å². The van der Waals surface area contributed by atoms with Gasteiger partial charge in [0.05, 0.1) is 24.8 Å². The number of likely N-dealkylation sites (tertiary alicyclic amines) is 1. The summed E-state index contributed by atoms with van der Waals surface area (Å²) in [7, 11) is 0. The lowest BCUT2D eigenvalue weighted by Crippen LogP contribution is -2.40. The first kappa shape index (κ1) is 23.2. The monoisotopic (exact) mass is 470 g/mol. The van der Waals surface area contributed by atoms with Gasteiger partial charge >= 0.3 is 5.97 Å². The van der Waals surface area contributed by atoms with Gasteiger partial charge in [0.1, 0.15) is 10.8 Å². The van der Waals surface area contributed by atoms with Crippen LogP contribution in [0.4, 0.5) is 9.39 Å². The predicted octanol–water partition coefficient (Wildman–Crippen LogP) is 5.41. The molecule has 1 unspecified atom stereocenters. The first-order valence-electron chi connectivity index (χ1n) is 11.1. The molecule has 174 valence electrons. The third-order valence-corrected chi connectivity index (χ3v) is 6.85. The molecule has 0 saturated carbocycles. The van der Waals surface area contributed by atoms with Crippen LogP contribution < -0.4 is 5.32 Å². The van der Waals surface area contributed by atoms with Crippen LogP contribution in [0, 0.1) is 18.7 Å². The number of piperidine rings is 1. The van der Waals surface area contributed by atoms with Crippen LogP contribution in [0.5, 0.6) is 0 Å². The van der Waals surface area contributed by atoms with Crippen LogP contribution in [0.15, 0.2) is 53.1 Å². The summed E-state index contributed by atoms with van der Waals surface area (Å²) >= 11 is 1.45. The lowest BCUT2D eigenvalue weighted by molar-refractivity contribution is -0.149. The Morgan fingerprint density at radius 1 is 1.21 bits per heavy atom. The van der Waals surface area contributed by atoms with Gasteiger partial charge in [0.25, 0.3) is 5.91 Å².